The van der Waals surface area contributed by atoms with Gasteiger partial charge in [-0.3, -0.25) is 0 Å². The number of sulfonamides is 1. The number of nitrogens with two attached hydrogens (primary N) is 1. The molecule has 0 bridgehead atoms. The molecule has 1 aliphatic heterocycles. The number of morpholine rings is 1. The van der Waals surface area contributed by atoms with Crippen LogP contribution in [0.25, 0.3) is 0 Å². The Bertz CT molecular complexity index is 330. The minimum Gasteiger partial charge on any atom is -0.379 e. The maximum Gasteiger partial charge on any atom is 0.221 e. The molecule has 1 saturated carbocycles. The molecule has 1 heterocycles. The molecule has 2 fully saturated rings. The first-order valence-electron chi connectivity index (χ1n) is 5.90. The van der Waals surface area contributed by atoms with E-state index < -0.39 is 14.8 Å². The highest BCUT2D eigenvalue weighted by Crippen LogP contribution is 2.38. The van der Waals surface area contributed by atoms with Gasteiger partial charge in [0.1, 0.15) is 0 Å². The van der Waals surface area contributed by atoms with Crippen LogP contribution in [0.3, 0.4) is 0 Å². The van der Waals surface area contributed by atoms with Gasteiger partial charge in [0.15, 0.2) is 0 Å². The van der Waals surface area contributed by atoms with Crippen molar-refractivity contribution in [2.45, 2.75) is 30.4 Å². The molecule has 94 valence electrons. The number of ether oxygens (including phenoxy) is 1. The Morgan fingerprint density at radius 2 is 1.75 bits per heavy atom. The Kier molecular flexibility index (Phi) is 3.53. The van der Waals surface area contributed by atoms with Gasteiger partial charge in [-0.15, -0.1) is 0 Å². The molecule has 0 aromatic heterocycles. The normalized spacial score (nSPS) is 27.1. The summed E-state index contributed by atoms with van der Waals surface area (Å²) in [4.78, 5) is 0. The lowest BCUT2D eigenvalue weighted by Crippen LogP contribution is -2.54. The summed E-state index contributed by atoms with van der Waals surface area (Å²) in [5.41, 5.74) is 5.72. The molecule has 1 saturated heterocycles. The van der Waals surface area contributed by atoms with Crippen LogP contribution in [0, 0.1) is 0 Å². The molecular formula is C10H20N2O3S. The monoisotopic (exact) mass is 248 g/mol. The molecule has 5 nitrogen and oxygen atoms in total. The molecule has 0 aromatic carbocycles. The zero-order valence-electron chi connectivity index (χ0n) is 9.52. The lowest BCUT2D eigenvalue weighted by molar-refractivity contribution is 0.0718. The van der Waals surface area contributed by atoms with Crippen molar-refractivity contribution in [2.75, 3.05) is 32.8 Å². The number of hydrogen-bond donors (Lipinski definition) is 1. The van der Waals surface area contributed by atoms with Crippen LogP contribution in [-0.4, -0.2) is 50.3 Å². The van der Waals surface area contributed by atoms with Crippen molar-refractivity contribution in [1.82, 2.24) is 4.31 Å². The van der Waals surface area contributed by atoms with E-state index in [2.05, 4.69) is 0 Å². The van der Waals surface area contributed by atoms with Gasteiger partial charge in [-0.1, -0.05) is 12.8 Å². The van der Waals surface area contributed by atoms with Gasteiger partial charge in [0.05, 0.1) is 18.0 Å². The third-order valence-corrected chi connectivity index (χ3v) is 6.46. The second kappa shape index (κ2) is 4.60. The molecule has 16 heavy (non-hydrogen) atoms. The van der Waals surface area contributed by atoms with E-state index in [4.69, 9.17) is 10.5 Å². The highest BCUT2D eigenvalue weighted by molar-refractivity contribution is 7.90. The maximum atomic E-state index is 12.5. The fraction of sp³-hybridized carbons (Fsp3) is 1.00. The van der Waals surface area contributed by atoms with E-state index in [0.717, 1.165) is 12.8 Å². The Labute approximate surface area is 97.0 Å². The van der Waals surface area contributed by atoms with Crippen molar-refractivity contribution in [3.05, 3.63) is 0 Å². The van der Waals surface area contributed by atoms with Crippen LogP contribution >= 0.6 is 0 Å². The number of nitrogens with zero attached hydrogens (tertiary/aromatic N) is 1. The lowest BCUT2D eigenvalue weighted by Gasteiger charge is -2.35. The molecule has 0 radical (unpaired) electrons. The van der Waals surface area contributed by atoms with Crippen LogP contribution in [0.15, 0.2) is 0 Å². The van der Waals surface area contributed by atoms with Gasteiger partial charge in [0.25, 0.3) is 0 Å². The summed E-state index contributed by atoms with van der Waals surface area (Å²) in [6.07, 6.45) is 3.37. The molecule has 2 aliphatic rings. The first kappa shape index (κ1) is 12.3. The molecule has 6 heteroatoms. The van der Waals surface area contributed by atoms with Gasteiger partial charge in [0, 0.05) is 19.6 Å². The third-order valence-electron chi connectivity index (χ3n) is 3.74. The van der Waals surface area contributed by atoms with E-state index in [1.165, 1.54) is 0 Å². The van der Waals surface area contributed by atoms with Crippen LogP contribution in [0.4, 0.5) is 0 Å². The lowest BCUT2D eigenvalue weighted by atomic mass is 10.1. The van der Waals surface area contributed by atoms with Crippen LogP contribution < -0.4 is 5.73 Å². The van der Waals surface area contributed by atoms with Gasteiger partial charge < -0.3 is 10.5 Å². The largest absolute Gasteiger partial charge is 0.379 e. The van der Waals surface area contributed by atoms with Gasteiger partial charge in [0.2, 0.25) is 10.0 Å². The predicted octanol–water partition coefficient (Wildman–Crippen LogP) is -0.0801. The summed E-state index contributed by atoms with van der Waals surface area (Å²) in [5.74, 6) is 0. The number of rotatable bonds is 3. The van der Waals surface area contributed by atoms with Crippen LogP contribution in [-0.2, 0) is 14.8 Å². The third kappa shape index (κ3) is 1.88. The van der Waals surface area contributed by atoms with E-state index >= 15 is 0 Å². The van der Waals surface area contributed by atoms with Crippen LogP contribution in [0.1, 0.15) is 25.7 Å². The fourth-order valence-corrected chi connectivity index (χ4v) is 4.84. The molecule has 1 aliphatic carbocycles. The summed E-state index contributed by atoms with van der Waals surface area (Å²) in [6, 6.07) is 0. The molecular weight excluding hydrogens is 228 g/mol. The second-order valence-electron chi connectivity index (χ2n) is 4.61. The topological polar surface area (TPSA) is 72.6 Å². The van der Waals surface area contributed by atoms with Gasteiger partial charge in [-0.2, -0.15) is 4.31 Å². The number of hydrogen-bond acceptors (Lipinski definition) is 4. The highest BCUT2D eigenvalue weighted by atomic mass is 32.2. The van der Waals surface area contributed by atoms with Crippen LogP contribution in [0.2, 0.25) is 0 Å². The van der Waals surface area contributed by atoms with Crippen molar-refractivity contribution >= 4 is 10.0 Å². The Morgan fingerprint density at radius 3 is 2.25 bits per heavy atom. The minimum atomic E-state index is -3.25. The standard InChI is InChI=1S/C10H20N2O3S/c11-9-10(3-1-2-4-10)16(13,14)12-5-7-15-8-6-12/h1-9,11H2. The molecule has 0 aromatic rings. The first-order valence-corrected chi connectivity index (χ1v) is 7.34. The average Bonchev–Trinajstić information content (AvgIpc) is 2.80. The van der Waals surface area contributed by atoms with Gasteiger partial charge in [-0.25, -0.2) is 8.42 Å². The Hall–Kier alpha value is -0.170. The van der Waals surface area contributed by atoms with E-state index in [0.29, 0.717) is 39.1 Å². The summed E-state index contributed by atoms with van der Waals surface area (Å²) < 4.78 is 31.1. The quantitative estimate of drug-likeness (QED) is 0.758. The fourth-order valence-electron chi connectivity index (χ4n) is 2.65. The average molecular weight is 248 g/mol. The van der Waals surface area contributed by atoms with E-state index in [9.17, 15) is 8.42 Å². The van der Waals surface area contributed by atoms with E-state index in [1.807, 2.05) is 0 Å². The summed E-state index contributed by atoms with van der Waals surface area (Å²) >= 11 is 0. The maximum absolute atomic E-state index is 12.5. The SMILES string of the molecule is NCC1(S(=O)(=O)N2CCOCC2)CCCC1. The Balaban J connectivity index is 2.22. The van der Waals surface area contributed by atoms with Crippen molar-refractivity contribution < 1.29 is 13.2 Å². The smallest absolute Gasteiger partial charge is 0.221 e. The summed E-state index contributed by atoms with van der Waals surface area (Å²) in [7, 11) is -3.25. The summed E-state index contributed by atoms with van der Waals surface area (Å²) in [5, 5.41) is 0. The zero-order valence-corrected chi connectivity index (χ0v) is 10.3. The van der Waals surface area contributed by atoms with Crippen molar-refractivity contribution in [1.29, 1.82) is 0 Å². The minimum absolute atomic E-state index is 0.243. The second-order valence-corrected chi connectivity index (χ2v) is 6.94. The van der Waals surface area contributed by atoms with Crippen molar-refractivity contribution in [3.8, 4) is 0 Å². The van der Waals surface area contributed by atoms with Gasteiger partial charge >= 0.3 is 0 Å². The predicted molar refractivity (Wildman–Crippen MR) is 61.6 cm³/mol. The molecule has 0 atom stereocenters. The van der Waals surface area contributed by atoms with E-state index in [1.54, 1.807) is 4.31 Å². The van der Waals surface area contributed by atoms with Gasteiger partial charge in [-0.05, 0) is 12.8 Å². The molecule has 2 rings (SSSR count). The zero-order chi connectivity index (χ0) is 11.6. The van der Waals surface area contributed by atoms with Crippen LogP contribution in [0.5, 0.6) is 0 Å². The molecule has 0 spiro atoms. The van der Waals surface area contributed by atoms with E-state index in [-0.39, 0.29) is 6.54 Å². The highest BCUT2D eigenvalue weighted by Gasteiger charge is 2.48. The Morgan fingerprint density at radius 1 is 1.19 bits per heavy atom. The van der Waals surface area contributed by atoms with Crippen molar-refractivity contribution in [3.63, 3.8) is 0 Å². The first-order chi connectivity index (χ1) is 7.62. The molecule has 0 amide bonds. The van der Waals surface area contributed by atoms with Crippen molar-refractivity contribution in [2.24, 2.45) is 5.73 Å². The summed E-state index contributed by atoms with van der Waals surface area (Å²) in [6.45, 7) is 2.20. The molecule has 0 unspecified atom stereocenters. The molecule has 2 N–H and O–H groups in total.